The largest absolute Gasteiger partial charge is 0.493 e. The van der Waals surface area contributed by atoms with E-state index < -0.39 is 0 Å². The summed E-state index contributed by atoms with van der Waals surface area (Å²) >= 11 is 0. The molecule has 3 heterocycles. The second-order valence-electron chi connectivity index (χ2n) is 8.10. The van der Waals surface area contributed by atoms with Gasteiger partial charge in [0.15, 0.2) is 11.5 Å². The Kier molecular flexibility index (Phi) is 5.89. The summed E-state index contributed by atoms with van der Waals surface area (Å²) in [7, 11) is 4.61. The van der Waals surface area contributed by atoms with E-state index in [4.69, 9.17) is 14.2 Å². The summed E-state index contributed by atoms with van der Waals surface area (Å²) in [4.78, 5) is 31.9. The molecule has 0 aliphatic carbocycles. The molecular weight excluding hydrogens is 398 g/mol. The van der Waals surface area contributed by atoms with Gasteiger partial charge in [-0.3, -0.25) is 9.59 Å². The third-order valence-electron chi connectivity index (χ3n) is 6.33. The summed E-state index contributed by atoms with van der Waals surface area (Å²) < 4.78 is 18.4. The van der Waals surface area contributed by atoms with Crippen molar-refractivity contribution in [2.24, 2.45) is 0 Å². The third-order valence-corrected chi connectivity index (χ3v) is 6.33. The molecule has 0 radical (unpaired) electrons. The van der Waals surface area contributed by atoms with Crippen LogP contribution in [-0.2, 0) is 13.0 Å². The monoisotopic (exact) mass is 427 g/mol. The summed E-state index contributed by atoms with van der Waals surface area (Å²) in [5.41, 5.74) is 2.10. The van der Waals surface area contributed by atoms with E-state index in [0.29, 0.717) is 41.5 Å². The Balaban J connectivity index is 1.65. The lowest BCUT2D eigenvalue weighted by atomic mass is 9.91. The van der Waals surface area contributed by atoms with Crippen molar-refractivity contribution in [1.82, 2.24) is 14.5 Å². The normalized spacial score (nSPS) is 17.9. The van der Waals surface area contributed by atoms with Crippen molar-refractivity contribution in [1.29, 1.82) is 0 Å². The molecule has 2 aliphatic heterocycles. The van der Waals surface area contributed by atoms with Crippen molar-refractivity contribution in [3.05, 3.63) is 45.1 Å². The van der Waals surface area contributed by atoms with E-state index in [9.17, 15) is 9.59 Å². The summed E-state index contributed by atoms with van der Waals surface area (Å²) in [6.07, 6.45) is 3.67. The van der Waals surface area contributed by atoms with E-state index in [-0.39, 0.29) is 17.4 Å². The van der Waals surface area contributed by atoms with Gasteiger partial charge in [-0.25, -0.2) is 0 Å². The lowest BCUT2D eigenvalue weighted by Gasteiger charge is -2.34. The number of piperidine rings is 1. The molecule has 0 spiro atoms. The number of carbonyl (C=O) groups excluding carboxylic acids is 1. The Hall–Kier alpha value is -3.03. The zero-order valence-corrected chi connectivity index (χ0v) is 18.6. The number of methoxy groups -OCH3 is 3. The molecule has 166 valence electrons. The van der Waals surface area contributed by atoms with E-state index >= 15 is 0 Å². The van der Waals surface area contributed by atoms with Gasteiger partial charge in [0.1, 0.15) is 5.82 Å². The van der Waals surface area contributed by atoms with Crippen molar-refractivity contribution >= 4 is 5.91 Å². The predicted molar refractivity (Wildman–Crippen MR) is 116 cm³/mol. The molecule has 2 aromatic rings. The molecule has 1 aromatic heterocycles. The van der Waals surface area contributed by atoms with Crippen molar-refractivity contribution in [2.75, 3.05) is 34.4 Å². The Morgan fingerprint density at radius 2 is 1.77 bits per heavy atom. The van der Waals surface area contributed by atoms with Gasteiger partial charge in [-0.1, -0.05) is 0 Å². The van der Waals surface area contributed by atoms with Gasteiger partial charge in [0.25, 0.3) is 11.5 Å². The fourth-order valence-electron chi connectivity index (χ4n) is 4.85. The molecule has 2 aliphatic rings. The molecule has 0 bridgehead atoms. The van der Waals surface area contributed by atoms with Crippen LogP contribution in [0.25, 0.3) is 0 Å². The first kappa shape index (κ1) is 21.2. The van der Waals surface area contributed by atoms with Gasteiger partial charge in [0.05, 0.1) is 21.3 Å². The van der Waals surface area contributed by atoms with E-state index in [1.165, 1.54) is 21.3 Å². The van der Waals surface area contributed by atoms with Crippen LogP contribution in [0.1, 0.15) is 52.6 Å². The Morgan fingerprint density at radius 3 is 2.42 bits per heavy atom. The third kappa shape index (κ3) is 3.75. The first-order chi connectivity index (χ1) is 15.0. The van der Waals surface area contributed by atoms with E-state index in [2.05, 4.69) is 9.55 Å². The van der Waals surface area contributed by atoms with Crippen LogP contribution in [0.4, 0.5) is 0 Å². The number of carbonyl (C=O) groups is 1. The van der Waals surface area contributed by atoms with Gasteiger partial charge in [-0.05, 0) is 38.3 Å². The van der Waals surface area contributed by atoms with E-state index in [1.54, 1.807) is 12.1 Å². The standard InChI is InChI=1S/C23H29N3O5/c1-14-20(26-10-6-8-19(26)24-22(14)27)15-7-5-9-25(13-15)23(28)16-11-17(29-2)21(31-4)18(12-16)30-3/h11-12,15H,5-10,13H2,1-4H3. The molecule has 0 N–H and O–H groups in total. The van der Waals surface area contributed by atoms with Crippen LogP contribution in [0.5, 0.6) is 17.2 Å². The van der Waals surface area contributed by atoms with Crippen LogP contribution in [0.15, 0.2) is 16.9 Å². The number of nitrogens with zero attached hydrogens (tertiary/aromatic N) is 3. The van der Waals surface area contributed by atoms with Crippen molar-refractivity contribution < 1.29 is 19.0 Å². The van der Waals surface area contributed by atoms with Gasteiger partial charge in [-0.2, -0.15) is 4.98 Å². The molecule has 8 nitrogen and oxygen atoms in total. The maximum absolute atomic E-state index is 13.4. The highest BCUT2D eigenvalue weighted by atomic mass is 16.5. The van der Waals surface area contributed by atoms with Crippen LogP contribution in [0.3, 0.4) is 0 Å². The highest BCUT2D eigenvalue weighted by Gasteiger charge is 2.31. The number of rotatable bonds is 5. The smallest absolute Gasteiger partial charge is 0.276 e. The predicted octanol–water partition coefficient (Wildman–Crippen LogP) is 2.54. The van der Waals surface area contributed by atoms with Gasteiger partial charge in [0, 0.05) is 48.8 Å². The Morgan fingerprint density at radius 1 is 1.06 bits per heavy atom. The van der Waals surface area contributed by atoms with Gasteiger partial charge in [0.2, 0.25) is 5.75 Å². The summed E-state index contributed by atoms with van der Waals surface area (Å²) in [5, 5.41) is 0. The Labute approximate surface area is 181 Å². The maximum Gasteiger partial charge on any atom is 0.276 e. The maximum atomic E-state index is 13.4. The molecule has 31 heavy (non-hydrogen) atoms. The van der Waals surface area contributed by atoms with Crippen LogP contribution >= 0.6 is 0 Å². The molecule has 1 unspecified atom stereocenters. The zero-order valence-electron chi connectivity index (χ0n) is 18.6. The van der Waals surface area contributed by atoms with Crippen molar-refractivity contribution in [2.45, 2.75) is 45.1 Å². The lowest BCUT2D eigenvalue weighted by Crippen LogP contribution is -2.40. The Bertz CT molecular complexity index is 1040. The van der Waals surface area contributed by atoms with Crippen LogP contribution in [0, 0.1) is 6.92 Å². The summed E-state index contributed by atoms with van der Waals surface area (Å²) in [6.45, 7) is 3.98. The summed E-state index contributed by atoms with van der Waals surface area (Å²) in [5.74, 6) is 2.27. The second kappa shape index (κ2) is 8.61. The molecule has 0 saturated carbocycles. The van der Waals surface area contributed by atoms with Crippen molar-refractivity contribution in [3.63, 3.8) is 0 Å². The van der Waals surface area contributed by atoms with Gasteiger partial charge in [-0.15, -0.1) is 0 Å². The number of hydrogen-bond donors (Lipinski definition) is 0. The highest BCUT2D eigenvalue weighted by molar-refractivity contribution is 5.95. The number of fused-ring (bicyclic) bond motifs is 1. The fraction of sp³-hybridized carbons (Fsp3) is 0.522. The van der Waals surface area contributed by atoms with E-state index in [1.807, 2.05) is 11.8 Å². The molecule has 1 saturated heterocycles. The highest BCUT2D eigenvalue weighted by Crippen LogP contribution is 2.39. The SMILES string of the molecule is COc1cc(C(=O)N2CCCC(c3c(C)c(=O)nc4n3CCC4)C2)cc(OC)c1OC. The quantitative estimate of drug-likeness (QED) is 0.729. The molecule has 4 rings (SSSR count). The summed E-state index contributed by atoms with van der Waals surface area (Å²) in [6, 6.07) is 3.38. The minimum atomic E-state index is -0.142. The number of aromatic nitrogens is 2. The first-order valence-corrected chi connectivity index (χ1v) is 10.7. The van der Waals surface area contributed by atoms with Crippen LogP contribution in [0.2, 0.25) is 0 Å². The minimum absolute atomic E-state index is 0.0837. The first-order valence-electron chi connectivity index (χ1n) is 10.7. The van der Waals surface area contributed by atoms with Gasteiger partial charge < -0.3 is 23.7 Å². The number of likely N-dealkylation sites (tertiary alicyclic amines) is 1. The molecule has 1 fully saturated rings. The van der Waals surface area contributed by atoms with Gasteiger partial charge >= 0.3 is 0 Å². The zero-order chi connectivity index (χ0) is 22.1. The number of ether oxygens (including phenoxy) is 3. The number of benzene rings is 1. The average molecular weight is 428 g/mol. The molecule has 1 aromatic carbocycles. The van der Waals surface area contributed by atoms with Crippen molar-refractivity contribution in [3.8, 4) is 17.2 Å². The topological polar surface area (TPSA) is 82.9 Å². The lowest BCUT2D eigenvalue weighted by molar-refractivity contribution is 0.0703. The van der Waals surface area contributed by atoms with E-state index in [0.717, 1.165) is 43.7 Å². The average Bonchev–Trinajstić information content (AvgIpc) is 3.25. The molecule has 1 amide bonds. The molecular formula is C23H29N3O5. The minimum Gasteiger partial charge on any atom is -0.493 e. The fourth-order valence-corrected chi connectivity index (χ4v) is 4.85. The molecule has 8 heteroatoms. The molecule has 1 atom stereocenters. The second-order valence-corrected chi connectivity index (χ2v) is 8.10. The number of aryl methyl sites for hydroxylation is 1. The number of amides is 1. The van der Waals surface area contributed by atoms with Crippen LogP contribution in [-0.4, -0.2) is 54.8 Å². The van der Waals surface area contributed by atoms with Crippen LogP contribution < -0.4 is 19.8 Å². The number of hydrogen-bond acceptors (Lipinski definition) is 6.